The summed E-state index contributed by atoms with van der Waals surface area (Å²) in [4.78, 5) is 57.5. The minimum Gasteiger partial charge on any atom is -0.319 e. The van der Waals surface area contributed by atoms with Crippen molar-refractivity contribution in [2.24, 2.45) is 13.0 Å². The number of fused-ring (bicyclic) bond motifs is 2. The number of aryl methyl sites for hydroxylation is 1. The quantitative estimate of drug-likeness (QED) is 0.225. The Labute approximate surface area is 296 Å². The van der Waals surface area contributed by atoms with Gasteiger partial charge < -0.3 is 10.2 Å². The lowest BCUT2D eigenvalue weighted by molar-refractivity contribution is -0.135. The van der Waals surface area contributed by atoms with Crippen LogP contribution in [0.1, 0.15) is 97.4 Å². The molecule has 2 N–H and O–H groups in total. The van der Waals surface area contributed by atoms with Crippen molar-refractivity contribution in [3.63, 3.8) is 0 Å². The van der Waals surface area contributed by atoms with Crippen LogP contribution in [0.4, 0.5) is 14.5 Å². The van der Waals surface area contributed by atoms with Crippen molar-refractivity contribution < 1.29 is 23.2 Å². The van der Waals surface area contributed by atoms with Crippen LogP contribution in [-0.4, -0.2) is 75.8 Å². The number of likely N-dealkylation sites (tertiary alicyclic amines) is 1. The molecule has 1 atom stereocenters. The number of carbonyl (C=O) groups is 3. The monoisotopic (exact) mass is 714 g/mol. The summed E-state index contributed by atoms with van der Waals surface area (Å²) in [5.41, 5.74) is 2.47. The van der Waals surface area contributed by atoms with Crippen molar-refractivity contribution in [3.05, 3.63) is 76.4 Å². The Morgan fingerprint density at radius 3 is 2.58 bits per heavy atom. The van der Waals surface area contributed by atoms with Crippen LogP contribution in [-0.2, 0) is 16.6 Å². The second kappa shape index (κ2) is 13.7. The Morgan fingerprint density at radius 2 is 1.83 bits per heavy atom. The number of anilines is 1. The Kier molecular flexibility index (Phi) is 8.93. The van der Waals surface area contributed by atoms with Gasteiger partial charge in [-0.3, -0.25) is 33.5 Å². The lowest BCUT2D eigenvalue weighted by atomic mass is 9.84. The number of amides is 3. The normalized spacial score (nSPS) is 22.0. The van der Waals surface area contributed by atoms with Crippen LogP contribution < -0.4 is 16.3 Å². The van der Waals surface area contributed by atoms with E-state index < -0.39 is 30.0 Å². The third-order valence-corrected chi connectivity index (χ3v) is 11.1. The Morgan fingerprint density at radius 1 is 1.04 bits per heavy atom. The number of nitrogens with zero attached hydrogens (tertiary/aromatic N) is 8. The Hall–Kier alpha value is -5.25. The molecule has 272 valence electrons. The molecule has 52 heavy (non-hydrogen) atoms. The number of para-hydroxylation sites is 1. The lowest BCUT2D eigenvalue weighted by Crippen LogP contribution is -2.44. The third kappa shape index (κ3) is 6.18. The van der Waals surface area contributed by atoms with Gasteiger partial charge in [-0.2, -0.15) is 10.2 Å². The number of piperidine rings is 2. The first-order chi connectivity index (χ1) is 25.2. The molecule has 2 aliphatic heterocycles. The first-order valence-corrected chi connectivity index (χ1v) is 17.9. The van der Waals surface area contributed by atoms with Crippen LogP contribution in [0.5, 0.6) is 0 Å². The van der Waals surface area contributed by atoms with E-state index in [0.717, 1.165) is 74.8 Å². The Balaban J connectivity index is 0.880. The number of benzene rings is 1. The number of hydrogen-bond donors (Lipinski definition) is 2. The van der Waals surface area contributed by atoms with Gasteiger partial charge in [-0.15, -0.1) is 0 Å². The van der Waals surface area contributed by atoms with E-state index in [1.165, 1.54) is 23.1 Å². The highest BCUT2D eigenvalue weighted by molar-refractivity contribution is 6.08. The predicted molar refractivity (Wildman–Crippen MR) is 186 cm³/mol. The number of hydrogen-bond acceptors (Lipinski definition) is 8. The van der Waals surface area contributed by atoms with Gasteiger partial charge in [0.1, 0.15) is 11.6 Å². The molecule has 8 rings (SSSR count). The fraction of sp³-hybridized carbons (Fsp3) is 0.472. The summed E-state index contributed by atoms with van der Waals surface area (Å²) in [7, 11) is 1.75. The number of alkyl halides is 2. The number of nitrogens with one attached hydrogen (secondary N) is 2. The van der Waals surface area contributed by atoms with Crippen LogP contribution in [0.15, 0.2) is 53.8 Å². The summed E-state index contributed by atoms with van der Waals surface area (Å²) in [6.45, 7) is 2.81. The van der Waals surface area contributed by atoms with Crippen molar-refractivity contribution >= 4 is 40.1 Å². The largest absolute Gasteiger partial charge is 0.329 e. The number of rotatable bonds is 8. The molecule has 16 heteroatoms. The maximum absolute atomic E-state index is 14.0. The van der Waals surface area contributed by atoms with E-state index in [4.69, 9.17) is 0 Å². The summed E-state index contributed by atoms with van der Waals surface area (Å²) in [5.74, 6) is -0.581. The van der Waals surface area contributed by atoms with Crippen molar-refractivity contribution in [2.45, 2.75) is 75.8 Å². The number of aromatic nitrogens is 7. The Bertz CT molecular complexity index is 2220. The first-order valence-electron chi connectivity index (χ1n) is 17.9. The lowest BCUT2D eigenvalue weighted by Gasteiger charge is -2.37. The summed E-state index contributed by atoms with van der Waals surface area (Å²) in [6.07, 6.45) is 9.10. The predicted octanol–water partition coefficient (Wildman–Crippen LogP) is 4.36. The van der Waals surface area contributed by atoms with Crippen LogP contribution in [0, 0.1) is 5.92 Å². The van der Waals surface area contributed by atoms with Gasteiger partial charge in [-0.25, -0.2) is 23.1 Å². The average Bonchev–Trinajstić information content (AvgIpc) is 3.84. The topological polar surface area (TPSA) is 153 Å². The molecule has 5 aromatic rings. The zero-order valence-electron chi connectivity index (χ0n) is 28.8. The van der Waals surface area contributed by atoms with Gasteiger partial charge in [0.2, 0.25) is 11.8 Å². The molecule has 1 aliphatic carbocycles. The fourth-order valence-electron chi connectivity index (χ4n) is 8.44. The molecule has 0 spiro atoms. The van der Waals surface area contributed by atoms with Crippen LogP contribution in [0.2, 0.25) is 0 Å². The summed E-state index contributed by atoms with van der Waals surface area (Å²) < 4.78 is 34.3. The summed E-state index contributed by atoms with van der Waals surface area (Å²) >= 11 is 0. The van der Waals surface area contributed by atoms with Crippen LogP contribution >= 0.6 is 0 Å². The zero-order valence-corrected chi connectivity index (χ0v) is 28.8. The summed E-state index contributed by atoms with van der Waals surface area (Å²) in [6, 6.07) is 6.84. The van der Waals surface area contributed by atoms with Crippen LogP contribution in [0.3, 0.4) is 0 Å². The molecule has 2 saturated heterocycles. The molecule has 0 radical (unpaired) electrons. The number of imide groups is 1. The van der Waals surface area contributed by atoms with Crippen molar-refractivity contribution in [2.75, 3.05) is 25.0 Å². The van der Waals surface area contributed by atoms with E-state index in [1.807, 2.05) is 12.1 Å². The van der Waals surface area contributed by atoms with E-state index in [9.17, 15) is 28.0 Å². The summed E-state index contributed by atoms with van der Waals surface area (Å²) in [5, 5.41) is 13.3. The van der Waals surface area contributed by atoms with Crippen molar-refractivity contribution in [1.29, 1.82) is 0 Å². The highest BCUT2D eigenvalue weighted by Crippen LogP contribution is 2.38. The highest BCUT2D eigenvalue weighted by Gasteiger charge is 2.34. The molecule has 1 aromatic carbocycles. The maximum atomic E-state index is 14.0. The van der Waals surface area contributed by atoms with E-state index in [1.54, 1.807) is 33.1 Å². The van der Waals surface area contributed by atoms with Gasteiger partial charge in [-0.1, -0.05) is 12.1 Å². The van der Waals surface area contributed by atoms with Gasteiger partial charge >= 0.3 is 5.69 Å². The highest BCUT2D eigenvalue weighted by atomic mass is 19.3. The zero-order chi connectivity index (χ0) is 36.1. The van der Waals surface area contributed by atoms with E-state index in [-0.39, 0.29) is 41.2 Å². The SMILES string of the molecule is Cn1c(=O)n(C2CCC(=O)NC2=O)c2cccc(C3CCN(C[C@H]4CC[C@H](n5cc(NC(=O)c6cnn7cccnc67)c(C(F)F)n5)CC4)CC3)c21. The van der Waals surface area contributed by atoms with E-state index in [0.29, 0.717) is 18.0 Å². The second-order valence-electron chi connectivity index (χ2n) is 14.3. The standard InChI is InChI=1S/C36H40F2N10O4/c1-44-31-24(4-2-5-27(31)48(36(44)52)28-10-11-29(49)42-35(28)51)22-12-16-45(17-13-22)19-21-6-8-23(9-7-21)47-20-26(30(43-47)32(37)38)41-34(50)25-18-40-46-15-3-14-39-33(25)46/h2-5,14-15,18,20-23,28,32H,6-13,16-17,19H2,1H3,(H,41,50)(H,42,49,51)/t21-,23-,28?. The molecule has 4 aromatic heterocycles. The third-order valence-electron chi connectivity index (χ3n) is 11.1. The minimum absolute atomic E-state index is 0.0106. The number of carbonyl (C=O) groups excluding carboxylic acids is 3. The van der Waals surface area contributed by atoms with Gasteiger partial charge in [0, 0.05) is 38.6 Å². The average molecular weight is 715 g/mol. The van der Waals surface area contributed by atoms with Gasteiger partial charge in [-0.05, 0) is 87.6 Å². The molecule has 1 saturated carbocycles. The van der Waals surface area contributed by atoms with Gasteiger partial charge in [0.05, 0.1) is 29.0 Å². The number of imidazole rings is 1. The van der Waals surface area contributed by atoms with E-state index >= 15 is 0 Å². The molecule has 3 fully saturated rings. The fourth-order valence-corrected chi connectivity index (χ4v) is 8.44. The second-order valence-corrected chi connectivity index (χ2v) is 14.3. The van der Waals surface area contributed by atoms with Gasteiger partial charge in [0.25, 0.3) is 12.3 Å². The van der Waals surface area contributed by atoms with Crippen molar-refractivity contribution in [3.8, 4) is 0 Å². The van der Waals surface area contributed by atoms with Crippen molar-refractivity contribution in [1.82, 2.24) is 43.7 Å². The smallest absolute Gasteiger partial charge is 0.319 e. The molecular weight excluding hydrogens is 674 g/mol. The minimum atomic E-state index is -2.85. The first kappa shape index (κ1) is 33.9. The molecular formula is C36H40F2N10O4. The molecule has 6 heterocycles. The molecule has 3 amide bonds. The van der Waals surface area contributed by atoms with Gasteiger partial charge in [0.15, 0.2) is 11.3 Å². The maximum Gasteiger partial charge on any atom is 0.329 e. The van der Waals surface area contributed by atoms with E-state index in [2.05, 4.69) is 36.8 Å². The van der Waals surface area contributed by atoms with Crippen LogP contribution in [0.25, 0.3) is 16.7 Å². The molecule has 14 nitrogen and oxygen atoms in total. The molecule has 0 bridgehead atoms. The molecule has 3 aliphatic rings. The number of halogens is 2. The molecule has 1 unspecified atom stereocenters.